The summed E-state index contributed by atoms with van der Waals surface area (Å²) in [5.74, 6) is 0.478. The zero-order chi connectivity index (χ0) is 13.5. The van der Waals surface area contributed by atoms with Gasteiger partial charge >= 0.3 is 0 Å². The second kappa shape index (κ2) is 4.55. The van der Waals surface area contributed by atoms with E-state index in [9.17, 15) is 8.42 Å². The SMILES string of the molecule is Cc1ccc(C)c(S(=O)(=O)NC(C)C2CC2)c1N. The molecule has 1 fully saturated rings. The number of benzene rings is 1. The first kappa shape index (κ1) is 13.4. The minimum atomic E-state index is -3.52. The Morgan fingerprint density at radius 3 is 2.39 bits per heavy atom. The van der Waals surface area contributed by atoms with Crippen LogP contribution in [0, 0.1) is 19.8 Å². The normalized spacial score (nSPS) is 17.7. The van der Waals surface area contributed by atoms with Crippen LogP contribution in [0.4, 0.5) is 5.69 Å². The Hall–Kier alpha value is -1.07. The van der Waals surface area contributed by atoms with Gasteiger partial charge in [0.2, 0.25) is 10.0 Å². The van der Waals surface area contributed by atoms with Gasteiger partial charge in [0.15, 0.2) is 0 Å². The van der Waals surface area contributed by atoms with Crippen LogP contribution in [0.3, 0.4) is 0 Å². The molecule has 18 heavy (non-hydrogen) atoms. The van der Waals surface area contributed by atoms with Gasteiger partial charge in [0.05, 0.1) is 5.69 Å². The van der Waals surface area contributed by atoms with Crippen molar-refractivity contribution in [2.45, 2.75) is 44.6 Å². The Morgan fingerprint density at radius 1 is 1.28 bits per heavy atom. The Kier molecular flexibility index (Phi) is 3.38. The van der Waals surface area contributed by atoms with E-state index >= 15 is 0 Å². The third kappa shape index (κ3) is 2.52. The quantitative estimate of drug-likeness (QED) is 0.820. The fourth-order valence-corrected chi connectivity index (χ4v) is 3.90. The molecule has 0 amide bonds. The number of anilines is 1. The van der Waals surface area contributed by atoms with Gasteiger partial charge in [-0.2, -0.15) is 0 Å². The first-order valence-electron chi connectivity index (χ1n) is 6.21. The standard InChI is InChI=1S/C13H20N2O2S/c1-8-4-5-9(2)13(12(8)14)18(16,17)15-10(3)11-6-7-11/h4-5,10-11,15H,6-7,14H2,1-3H3. The van der Waals surface area contributed by atoms with Gasteiger partial charge in [0.25, 0.3) is 0 Å². The fraction of sp³-hybridized carbons (Fsp3) is 0.538. The molecule has 1 aromatic carbocycles. The summed E-state index contributed by atoms with van der Waals surface area (Å²) in [6.45, 7) is 5.50. The lowest BCUT2D eigenvalue weighted by molar-refractivity contribution is 0.538. The van der Waals surface area contributed by atoms with Crippen LogP contribution in [0.15, 0.2) is 17.0 Å². The topological polar surface area (TPSA) is 72.2 Å². The van der Waals surface area contributed by atoms with Gasteiger partial charge in [0.1, 0.15) is 4.90 Å². The zero-order valence-corrected chi connectivity index (χ0v) is 11.8. The van der Waals surface area contributed by atoms with Crippen LogP contribution < -0.4 is 10.5 Å². The summed E-state index contributed by atoms with van der Waals surface area (Å²) in [4.78, 5) is 0.231. The molecule has 0 spiro atoms. The summed E-state index contributed by atoms with van der Waals surface area (Å²) in [7, 11) is -3.52. The number of hydrogen-bond donors (Lipinski definition) is 2. The second-order valence-corrected chi connectivity index (χ2v) is 6.84. The van der Waals surface area contributed by atoms with E-state index in [1.165, 1.54) is 0 Å². The van der Waals surface area contributed by atoms with Gasteiger partial charge < -0.3 is 5.73 Å². The predicted octanol–water partition coefficient (Wildman–Crippen LogP) is 1.96. The van der Waals surface area contributed by atoms with Gasteiger partial charge in [-0.25, -0.2) is 13.1 Å². The second-order valence-electron chi connectivity index (χ2n) is 5.19. The van der Waals surface area contributed by atoms with E-state index in [0.29, 0.717) is 17.2 Å². The van der Waals surface area contributed by atoms with E-state index in [4.69, 9.17) is 5.73 Å². The third-order valence-corrected chi connectivity index (χ3v) is 5.31. The van der Waals surface area contributed by atoms with Crippen LogP contribution >= 0.6 is 0 Å². The Bertz CT molecular complexity index is 563. The highest BCUT2D eigenvalue weighted by atomic mass is 32.2. The van der Waals surface area contributed by atoms with Crippen molar-refractivity contribution in [3.63, 3.8) is 0 Å². The van der Waals surface area contributed by atoms with E-state index in [-0.39, 0.29) is 10.9 Å². The van der Waals surface area contributed by atoms with Crippen LogP contribution in [0.5, 0.6) is 0 Å². The van der Waals surface area contributed by atoms with Crippen molar-refractivity contribution >= 4 is 15.7 Å². The summed E-state index contributed by atoms with van der Waals surface area (Å²) in [5, 5.41) is 0. The van der Waals surface area contributed by atoms with Gasteiger partial charge in [-0.3, -0.25) is 0 Å². The largest absolute Gasteiger partial charge is 0.397 e. The number of sulfonamides is 1. The molecule has 1 aliphatic carbocycles. The summed E-state index contributed by atoms with van der Waals surface area (Å²) < 4.78 is 27.5. The van der Waals surface area contributed by atoms with Crippen molar-refractivity contribution in [2.75, 3.05) is 5.73 Å². The van der Waals surface area contributed by atoms with Crippen molar-refractivity contribution in [3.05, 3.63) is 23.3 Å². The molecule has 4 nitrogen and oxygen atoms in total. The maximum Gasteiger partial charge on any atom is 0.243 e. The smallest absolute Gasteiger partial charge is 0.243 e. The number of rotatable bonds is 4. The lowest BCUT2D eigenvalue weighted by Gasteiger charge is -2.17. The first-order chi connectivity index (χ1) is 8.33. The van der Waals surface area contributed by atoms with Crippen molar-refractivity contribution in [1.82, 2.24) is 4.72 Å². The number of nitrogens with one attached hydrogen (secondary N) is 1. The highest BCUT2D eigenvalue weighted by Gasteiger charge is 2.32. The molecule has 2 rings (SSSR count). The molecule has 1 unspecified atom stereocenters. The van der Waals surface area contributed by atoms with E-state index in [0.717, 1.165) is 18.4 Å². The lowest BCUT2D eigenvalue weighted by Crippen LogP contribution is -2.34. The van der Waals surface area contributed by atoms with Crippen LogP contribution in [0.25, 0.3) is 0 Å². The van der Waals surface area contributed by atoms with Crippen LogP contribution in [-0.2, 0) is 10.0 Å². The highest BCUT2D eigenvalue weighted by Crippen LogP contribution is 2.34. The number of hydrogen-bond acceptors (Lipinski definition) is 3. The molecule has 3 N–H and O–H groups in total. The molecule has 100 valence electrons. The van der Waals surface area contributed by atoms with Gasteiger partial charge in [-0.1, -0.05) is 12.1 Å². The number of nitrogen functional groups attached to an aromatic ring is 1. The van der Waals surface area contributed by atoms with E-state index in [1.807, 2.05) is 19.9 Å². The molecule has 0 saturated heterocycles. The van der Waals surface area contributed by atoms with Crippen molar-refractivity contribution < 1.29 is 8.42 Å². The van der Waals surface area contributed by atoms with Gasteiger partial charge in [0, 0.05) is 6.04 Å². The molecule has 5 heteroatoms. The molecular weight excluding hydrogens is 248 g/mol. The average Bonchev–Trinajstić information content (AvgIpc) is 3.06. The molecule has 1 atom stereocenters. The lowest BCUT2D eigenvalue weighted by atomic mass is 10.1. The van der Waals surface area contributed by atoms with Gasteiger partial charge in [-0.15, -0.1) is 0 Å². The average molecular weight is 268 g/mol. The molecule has 0 aliphatic heterocycles. The Labute approximate surface area is 109 Å². The summed E-state index contributed by atoms with van der Waals surface area (Å²) in [5.41, 5.74) is 7.75. The van der Waals surface area contributed by atoms with Crippen LogP contribution in [-0.4, -0.2) is 14.5 Å². The molecule has 1 saturated carbocycles. The summed E-state index contributed by atoms with van der Waals surface area (Å²) >= 11 is 0. The molecule has 0 heterocycles. The molecule has 0 aromatic heterocycles. The van der Waals surface area contributed by atoms with Crippen molar-refractivity contribution in [1.29, 1.82) is 0 Å². The van der Waals surface area contributed by atoms with Crippen molar-refractivity contribution in [3.8, 4) is 0 Å². The van der Waals surface area contributed by atoms with Crippen LogP contribution in [0.2, 0.25) is 0 Å². The molecule has 1 aliphatic rings. The monoisotopic (exact) mass is 268 g/mol. The minimum absolute atomic E-state index is 0.0192. The number of nitrogens with two attached hydrogens (primary N) is 1. The Balaban J connectivity index is 2.37. The molecule has 0 radical (unpaired) electrons. The van der Waals surface area contributed by atoms with Crippen molar-refractivity contribution in [2.24, 2.45) is 5.92 Å². The van der Waals surface area contributed by atoms with E-state index < -0.39 is 10.0 Å². The molecular formula is C13H20N2O2S. The number of aryl methyl sites for hydroxylation is 2. The Morgan fingerprint density at radius 2 is 1.83 bits per heavy atom. The van der Waals surface area contributed by atoms with E-state index in [1.54, 1.807) is 13.0 Å². The van der Waals surface area contributed by atoms with E-state index in [2.05, 4.69) is 4.72 Å². The maximum absolute atomic E-state index is 12.4. The van der Waals surface area contributed by atoms with Gasteiger partial charge in [-0.05, 0) is 50.7 Å². The third-order valence-electron chi connectivity index (χ3n) is 3.55. The summed E-state index contributed by atoms with van der Waals surface area (Å²) in [6, 6.07) is 3.62. The highest BCUT2D eigenvalue weighted by molar-refractivity contribution is 7.89. The maximum atomic E-state index is 12.4. The van der Waals surface area contributed by atoms with Crippen LogP contribution in [0.1, 0.15) is 30.9 Å². The first-order valence-corrected chi connectivity index (χ1v) is 7.69. The zero-order valence-electron chi connectivity index (χ0n) is 11.0. The minimum Gasteiger partial charge on any atom is -0.397 e. The summed E-state index contributed by atoms with van der Waals surface area (Å²) in [6.07, 6.45) is 2.21. The predicted molar refractivity (Wildman–Crippen MR) is 72.8 cm³/mol. The fourth-order valence-electron chi connectivity index (χ4n) is 2.16. The molecule has 0 bridgehead atoms. The molecule has 1 aromatic rings.